The number of carbonyl (C=O) groups excluding carboxylic acids is 1. The van der Waals surface area contributed by atoms with Crippen LogP contribution in [0.1, 0.15) is 16.1 Å². The average molecular weight is 293 g/mol. The summed E-state index contributed by atoms with van der Waals surface area (Å²) in [4.78, 5) is 11.5. The number of aryl methyl sites for hydroxylation is 1. The predicted molar refractivity (Wildman–Crippen MR) is 59.2 cm³/mol. The van der Waals surface area contributed by atoms with Crippen molar-refractivity contribution in [3.05, 3.63) is 17.5 Å². The SMILES string of the molecule is Cc1c(C(=O)NCCI)cnn1C. The van der Waals surface area contributed by atoms with Gasteiger partial charge in [0.25, 0.3) is 5.91 Å². The van der Waals surface area contributed by atoms with E-state index in [9.17, 15) is 4.79 Å². The van der Waals surface area contributed by atoms with E-state index in [1.165, 1.54) is 0 Å². The molecule has 0 bridgehead atoms. The van der Waals surface area contributed by atoms with Crippen LogP contribution in [0.2, 0.25) is 0 Å². The van der Waals surface area contributed by atoms with Crippen LogP contribution in [0.15, 0.2) is 6.20 Å². The van der Waals surface area contributed by atoms with Crippen LogP contribution in [-0.2, 0) is 7.05 Å². The highest BCUT2D eigenvalue weighted by Crippen LogP contribution is 2.04. The quantitative estimate of drug-likeness (QED) is 0.664. The first kappa shape index (κ1) is 10.5. The van der Waals surface area contributed by atoms with Crippen LogP contribution in [0.5, 0.6) is 0 Å². The van der Waals surface area contributed by atoms with Gasteiger partial charge in [-0.25, -0.2) is 0 Å². The number of rotatable bonds is 3. The summed E-state index contributed by atoms with van der Waals surface area (Å²) in [6, 6.07) is 0. The first-order chi connectivity index (χ1) is 6.16. The van der Waals surface area contributed by atoms with Gasteiger partial charge < -0.3 is 5.32 Å². The lowest BCUT2D eigenvalue weighted by atomic mass is 10.2. The Morgan fingerprint density at radius 3 is 2.92 bits per heavy atom. The molecule has 1 aromatic heterocycles. The van der Waals surface area contributed by atoms with E-state index in [0.29, 0.717) is 12.1 Å². The molecule has 0 aliphatic rings. The predicted octanol–water partition coefficient (Wildman–Crippen LogP) is 0.893. The minimum Gasteiger partial charge on any atom is -0.351 e. The lowest BCUT2D eigenvalue weighted by molar-refractivity contribution is 0.0955. The number of carbonyl (C=O) groups is 1. The van der Waals surface area contributed by atoms with E-state index >= 15 is 0 Å². The van der Waals surface area contributed by atoms with Gasteiger partial charge in [0, 0.05) is 23.7 Å². The Hall–Kier alpha value is -0.590. The van der Waals surface area contributed by atoms with Crippen molar-refractivity contribution < 1.29 is 4.79 Å². The summed E-state index contributed by atoms with van der Waals surface area (Å²) >= 11 is 2.22. The van der Waals surface area contributed by atoms with Crippen LogP contribution in [0, 0.1) is 6.92 Å². The van der Waals surface area contributed by atoms with E-state index in [4.69, 9.17) is 0 Å². The molecule has 1 heterocycles. The fourth-order valence-corrected chi connectivity index (χ4v) is 1.25. The van der Waals surface area contributed by atoms with Crippen LogP contribution in [0.3, 0.4) is 0 Å². The summed E-state index contributed by atoms with van der Waals surface area (Å²) in [6.45, 7) is 2.58. The molecule has 1 rings (SSSR count). The van der Waals surface area contributed by atoms with Crippen LogP contribution in [0.4, 0.5) is 0 Å². The largest absolute Gasteiger partial charge is 0.351 e. The highest BCUT2D eigenvalue weighted by atomic mass is 127. The zero-order valence-corrected chi connectivity index (χ0v) is 9.83. The van der Waals surface area contributed by atoms with Crippen LogP contribution in [0.25, 0.3) is 0 Å². The first-order valence-electron chi connectivity index (χ1n) is 3.99. The van der Waals surface area contributed by atoms with Gasteiger partial charge in [-0.3, -0.25) is 9.48 Å². The van der Waals surface area contributed by atoms with Crippen molar-refractivity contribution in [1.29, 1.82) is 0 Å². The minimum atomic E-state index is -0.0396. The van der Waals surface area contributed by atoms with Crippen molar-refractivity contribution >= 4 is 28.5 Å². The lowest BCUT2D eigenvalue weighted by Gasteiger charge is -2.01. The molecule has 1 N–H and O–H groups in total. The van der Waals surface area contributed by atoms with Crippen molar-refractivity contribution in [3.8, 4) is 0 Å². The van der Waals surface area contributed by atoms with Crippen LogP contribution < -0.4 is 5.32 Å². The molecule has 0 fully saturated rings. The summed E-state index contributed by atoms with van der Waals surface area (Å²) in [6.07, 6.45) is 1.60. The molecule has 0 aliphatic carbocycles. The zero-order valence-electron chi connectivity index (χ0n) is 7.67. The molecule has 0 saturated heterocycles. The molecule has 0 atom stereocenters. The van der Waals surface area contributed by atoms with Gasteiger partial charge in [0.1, 0.15) is 0 Å². The number of hydrogen-bond donors (Lipinski definition) is 1. The van der Waals surface area contributed by atoms with Gasteiger partial charge in [-0.05, 0) is 6.92 Å². The lowest BCUT2D eigenvalue weighted by Crippen LogP contribution is -2.25. The fraction of sp³-hybridized carbons (Fsp3) is 0.500. The number of aromatic nitrogens is 2. The molecule has 0 saturated carbocycles. The second-order valence-corrected chi connectivity index (χ2v) is 3.79. The Morgan fingerprint density at radius 1 is 1.77 bits per heavy atom. The molecule has 0 unspecified atom stereocenters. The third kappa shape index (κ3) is 2.43. The van der Waals surface area contributed by atoms with Gasteiger partial charge in [-0.1, -0.05) is 22.6 Å². The Labute approximate surface area is 90.8 Å². The van der Waals surface area contributed by atoms with Gasteiger partial charge in [-0.15, -0.1) is 0 Å². The maximum Gasteiger partial charge on any atom is 0.254 e. The molecular weight excluding hydrogens is 281 g/mol. The van der Waals surface area contributed by atoms with E-state index in [0.717, 1.165) is 10.1 Å². The summed E-state index contributed by atoms with van der Waals surface area (Å²) in [5, 5.41) is 6.80. The number of nitrogens with zero attached hydrogens (tertiary/aromatic N) is 2. The van der Waals surface area contributed by atoms with E-state index in [1.807, 2.05) is 14.0 Å². The zero-order chi connectivity index (χ0) is 9.84. The Balaban J connectivity index is 2.71. The molecule has 72 valence electrons. The minimum absolute atomic E-state index is 0.0396. The van der Waals surface area contributed by atoms with Gasteiger partial charge in [0.05, 0.1) is 11.8 Å². The van der Waals surface area contributed by atoms with E-state index in [1.54, 1.807) is 10.9 Å². The number of alkyl halides is 1. The number of halogens is 1. The van der Waals surface area contributed by atoms with Crippen molar-refractivity contribution in [1.82, 2.24) is 15.1 Å². The van der Waals surface area contributed by atoms with Crippen molar-refractivity contribution in [2.45, 2.75) is 6.92 Å². The summed E-state index contributed by atoms with van der Waals surface area (Å²) in [7, 11) is 1.82. The molecule has 0 radical (unpaired) electrons. The van der Waals surface area contributed by atoms with Crippen molar-refractivity contribution in [3.63, 3.8) is 0 Å². The number of hydrogen-bond acceptors (Lipinski definition) is 2. The second kappa shape index (κ2) is 4.59. The van der Waals surface area contributed by atoms with Gasteiger partial charge >= 0.3 is 0 Å². The number of nitrogens with one attached hydrogen (secondary N) is 1. The van der Waals surface area contributed by atoms with Gasteiger partial charge in [0.2, 0.25) is 0 Å². The third-order valence-electron chi connectivity index (χ3n) is 1.86. The average Bonchev–Trinajstić information content (AvgIpc) is 2.44. The fourth-order valence-electron chi connectivity index (χ4n) is 0.978. The molecular formula is C8H12IN3O. The van der Waals surface area contributed by atoms with E-state index in [2.05, 4.69) is 33.0 Å². The normalized spacial score (nSPS) is 10.1. The van der Waals surface area contributed by atoms with Crippen molar-refractivity contribution in [2.75, 3.05) is 11.0 Å². The molecule has 4 nitrogen and oxygen atoms in total. The Morgan fingerprint density at radius 2 is 2.46 bits per heavy atom. The van der Waals surface area contributed by atoms with Gasteiger partial charge in [-0.2, -0.15) is 5.10 Å². The highest BCUT2D eigenvalue weighted by Gasteiger charge is 2.11. The molecule has 1 aromatic rings. The second-order valence-electron chi connectivity index (χ2n) is 2.71. The number of amides is 1. The molecule has 0 spiro atoms. The Kier molecular flexibility index (Phi) is 3.71. The standard InChI is InChI=1S/C8H12IN3O/c1-6-7(5-11-12(6)2)8(13)10-4-3-9/h5H,3-4H2,1-2H3,(H,10,13). The summed E-state index contributed by atoms with van der Waals surface area (Å²) < 4.78 is 2.61. The summed E-state index contributed by atoms with van der Waals surface area (Å²) in [5.74, 6) is -0.0396. The van der Waals surface area contributed by atoms with E-state index < -0.39 is 0 Å². The Bertz CT molecular complexity index is 308. The smallest absolute Gasteiger partial charge is 0.254 e. The first-order valence-corrected chi connectivity index (χ1v) is 5.52. The maximum atomic E-state index is 11.5. The van der Waals surface area contributed by atoms with Gasteiger partial charge in [0.15, 0.2) is 0 Å². The molecule has 0 aliphatic heterocycles. The molecule has 0 aromatic carbocycles. The molecule has 1 amide bonds. The topological polar surface area (TPSA) is 46.9 Å². The third-order valence-corrected chi connectivity index (χ3v) is 2.40. The van der Waals surface area contributed by atoms with Crippen LogP contribution in [-0.4, -0.2) is 26.7 Å². The van der Waals surface area contributed by atoms with Crippen molar-refractivity contribution in [2.24, 2.45) is 7.05 Å². The maximum absolute atomic E-state index is 11.5. The van der Waals surface area contributed by atoms with E-state index in [-0.39, 0.29) is 5.91 Å². The summed E-state index contributed by atoms with van der Waals surface area (Å²) in [5.41, 5.74) is 1.55. The molecule has 13 heavy (non-hydrogen) atoms. The monoisotopic (exact) mass is 293 g/mol. The molecule has 5 heteroatoms. The highest BCUT2D eigenvalue weighted by molar-refractivity contribution is 14.1. The van der Waals surface area contributed by atoms with Crippen LogP contribution >= 0.6 is 22.6 Å².